The number of aryl methyl sites for hydroxylation is 1. The molecule has 202 valence electrons. The number of rotatable bonds is 6. The van der Waals surface area contributed by atoms with E-state index in [1.54, 1.807) is 19.3 Å². The molecule has 0 fully saturated rings. The number of nitrogens with one attached hydrogen (secondary N) is 1. The van der Waals surface area contributed by atoms with Crippen LogP contribution in [0, 0.1) is 25.1 Å². The molecule has 2 aromatic heterocycles. The van der Waals surface area contributed by atoms with Crippen LogP contribution in [0.5, 0.6) is 0 Å². The predicted molar refractivity (Wildman–Crippen MR) is 144 cm³/mol. The van der Waals surface area contributed by atoms with E-state index in [0.29, 0.717) is 35.5 Å². The smallest absolute Gasteiger partial charge is 0.230 e. The van der Waals surface area contributed by atoms with Crippen LogP contribution in [-0.2, 0) is 31.3 Å². The molecule has 3 aromatic rings. The highest BCUT2D eigenvalue weighted by Gasteiger charge is 2.43. The number of carbonyl (C=O) groups is 2. The molecule has 0 saturated carbocycles. The van der Waals surface area contributed by atoms with Gasteiger partial charge in [0.25, 0.3) is 0 Å². The summed E-state index contributed by atoms with van der Waals surface area (Å²) in [7, 11) is -3.58. The fourth-order valence-corrected chi connectivity index (χ4v) is 5.52. The van der Waals surface area contributed by atoms with Gasteiger partial charge in [0.2, 0.25) is 5.91 Å². The van der Waals surface area contributed by atoms with Crippen LogP contribution in [0.2, 0.25) is 0 Å². The van der Waals surface area contributed by atoms with Gasteiger partial charge < -0.3 is 9.72 Å². The van der Waals surface area contributed by atoms with Crippen molar-refractivity contribution in [3.05, 3.63) is 70.8 Å². The van der Waals surface area contributed by atoms with Gasteiger partial charge in [0.15, 0.2) is 27.1 Å². The zero-order valence-corrected chi connectivity index (χ0v) is 22.9. The summed E-state index contributed by atoms with van der Waals surface area (Å²) < 4.78 is 40.3. The highest BCUT2D eigenvalue weighted by Crippen LogP contribution is 2.39. The number of ketones is 1. The Labute approximate surface area is 226 Å². The number of benzene rings is 1. The van der Waals surface area contributed by atoms with Crippen LogP contribution in [-0.4, -0.2) is 46.1 Å². The molecular formula is C28H28FN5O4S. The van der Waals surface area contributed by atoms with Gasteiger partial charge in [0, 0.05) is 24.2 Å². The lowest BCUT2D eigenvalue weighted by atomic mass is 9.71. The summed E-state index contributed by atoms with van der Waals surface area (Å²) in [4.78, 5) is 39.4. The van der Waals surface area contributed by atoms with Crippen molar-refractivity contribution in [1.29, 1.82) is 0 Å². The lowest BCUT2D eigenvalue weighted by molar-refractivity contribution is -0.121. The number of halogens is 1. The van der Waals surface area contributed by atoms with E-state index in [4.69, 9.17) is 6.42 Å². The Bertz CT molecular complexity index is 1720. The Morgan fingerprint density at radius 3 is 2.74 bits per heavy atom. The maximum atomic E-state index is 14.5. The number of fused-ring (bicyclic) bond motifs is 1. The van der Waals surface area contributed by atoms with Crippen LogP contribution in [0.25, 0.3) is 5.65 Å². The first-order chi connectivity index (χ1) is 18.4. The van der Waals surface area contributed by atoms with Gasteiger partial charge in [-0.1, -0.05) is 13.0 Å². The summed E-state index contributed by atoms with van der Waals surface area (Å²) in [6.45, 7) is 6.83. The second kappa shape index (κ2) is 10.5. The third-order valence-corrected chi connectivity index (χ3v) is 8.64. The first kappa shape index (κ1) is 27.9. The second-order valence-electron chi connectivity index (χ2n) is 9.61. The molecule has 11 heteroatoms. The van der Waals surface area contributed by atoms with Crippen molar-refractivity contribution < 1.29 is 22.4 Å². The molecule has 0 radical (unpaired) electrons. The highest BCUT2D eigenvalue weighted by molar-refractivity contribution is 7.91. The number of aliphatic imine (C=N–C) groups is 1. The topological polar surface area (TPSA) is 123 Å². The fourth-order valence-electron chi connectivity index (χ4n) is 4.62. The summed E-state index contributed by atoms with van der Waals surface area (Å²) in [6, 6.07) is 3.42. The summed E-state index contributed by atoms with van der Waals surface area (Å²) in [5.41, 5.74) is 1.94. The minimum absolute atomic E-state index is 0.00818. The predicted octanol–water partition coefficient (Wildman–Crippen LogP) is 3.26. The molecule has 0 saturated heterocycles. The number of imidazole rings is 1. The van der Waals surface area contributed by atoms with Gasteiger partial charge in [-0.25, -0.2) is 22.8 Å². The lowest BCUT2D eigenvalue weighted by Crippen LogP contribution is -2.38. The second-order valence-corrected chi connectivity index (χ2v) is 11.9. The molecule has 0 spiro atoms. The number of amidine groups is 1. The number of allylic oxidation sites excluding steroid dienone is 2. The van der Waals surface area contributed by atoms with Gasteiger partial charge in [-0.3, -0.25) is 14.6 Å². The number of hydrogen-bond donors (Lipinski definition) is 1. The van der Waals surface area contributed by atoms with Crippen LogP contribution in [0.15, 0.2) is 57.9 Å². The number of carbonyl (C=O) groups excluding carboxylic acids is 2. The van der Waals surface area contributed by atoms with Crippen molar-refractivity contribution >= 4 is 33.0 Å². The summed E-state index contributed by atoms with van der Waals surface area (Å²) in [5.74, 6) is 0.417. The van der Waals surface area contributed by atoms with Gasteiger partial charge >= 0.3 is 0 Å². The average Bonchev–Trinajstić information content (AvgIpc) is 3.29. The Hall–Kier alpha value is -4.17. The highest BCUT2D eigenvalue weighted by atomic mass is 32.2. The van der Waals surface area contributed by atoms with E-state index in [0.717, 1.165) is 11.8 Å². The zero-order chi connectivity index (χ0) is 28.5. The van der Waals surface area contributed by atoms with E-state index >= 15 is 0 Å². The van der Waals surface area contributed by atoms with E-state index in [-0.39, 0.29) is 34.3 Å². The standard InChI is InChI=1S/C28H28FN5O4S/c1-6-23(33-24(35)14-19-8-9-20(15-21(19)29)39(37,38)7-2)32-22-10-11-28(5,26(36)18(22)4)25-27-31-17(3)16-34(27)13-12-30-25/h1,8-9,12-13,15-16H,7,10-11,14H2,2-5H3,(H,32,33,35). The van der Waals surface area contributed by atoms with Crippen molar-refractivity contribution in [2.24, 2.45) is 4.99 Å². The number of aromatic nitrogens is 3. The molecule has 1 N–H and O–H groups in total. The van der Waals surface area contributed by atoms with E-state index in [1.807, 2.05) is 24.4 Å². The van der Waals surface area contributed by atoms with Crippen molar-refractivity contribution in [3.63, 3.8) is 0 Å². The quantitative estimate of drug-likeness (QED) is 0.286. The molecule has 1 amide bonds. The molecule has 0 bridgehead atoms. The first-order valence-electron chi connectivity index (χ1n) is 12.3. The van der Waals surface area contributed by atoms with Crippen molar-refractivity contribution in [3.8, 4) is 12.3 Å². The van der Waals surface area contributed by atoms with Crippen LogP contribution < -0.4 is 5.32 Å². The lowest BCUT2D eigenvalue weighted by Gasteiger charge is -2.32. The van der Waals surface area contributed by atoms with Crippen LogP contribution in [0.4, 0.5) is 4.39 Å². The monoisotopic (exact) mass is 549 g/mol. The Kier molecular flexibility index (Phi) is 7.52. The molecule has 9 nitrogen and oxygen atoms in total. The molecule has 0 aliphatic heterocycles. The summed E-state index contributed by atoms with van der Waals surface area (Å²) in [5, 5.41) is 2.48. The van der Waals surface area contributed by atoms with E-state index < -0.39 is 27.0 Å². The maximum absolute atomic E-state index is 14.5. The molecule has 1 aromatic carbocycles. The number of sulfone groups is 1. The molecule has 39 heavy (non-hydrogen) atoms. The molecule has 2 heterocycles. The number of nitrogens with zero attached hydrogens (tertiary/aromatic N) is 4. The van der Waals surface area contributed by atoms with Crippen LogP contribution in [0.3, 0.4) is 0 Å². The Balaban J connectivity index is 1.54. The molecule has 1 unspecified atom stereocenters. The first-order valence-corrected chi connectivity index (χ1v) is 14.0. The van der Waals surface area contributed by atoms with Crippen molar-refractivity contribution in [2.75, 3.05) is 5.75 Å². The number of terminal acetylenes is 1. The van der Waals surface area contributed by atoms with E-state index in [1.165, 1.54) is 19.1 Å². The zero-order valence-electron chi connectivity index (χ0n) is 22.1. The van der Waals surface area contributed by atoms with Crippen molar-refractivity contribution in [2.45, 2.75) is 57.3 Å². The normalized spacial score (nSPS) is 18.4. The third kappa shape index (κ3) is 5.38. The summed E-state index contributed by atoms with van der Waals surface area (Å²) in [6.07, 6.45) is 11.3. The van der Waals surface area contributed by atoms with Gasteiger partial charge in [-0.2, -0.15) is 0 Å². The number of Topliss-reactive ketones (excluding diaryl/α,β-unsaturated/α-hetero) is 1. The minimum Gasteiger partial charge on any atom is -0.304 e. The fraction of sp³-hybridized carbons (Fsp3) is 0.321. The maximum Gasteiger partial charge on any atom is 0.230 e. The van der Waals surface area contributed by atoms with Gasteiger partial charge in [-0.15, -0.1) is 6.42 Å². The van der Waals surface area contributed by atoms with Crippen LogP contribution >= 0.6 is 0 Å². The summed E-state index contributed by atoms with van der Waals surface area (Å²) >= 11 is 0. The van der Waals surface area contributed by atoms with E-state index in [2.05, 4.69) is 26.2 Å². The molecule has 1 atom stereocenters. The van der Waals surface area contributed by atoms with Gasteiger partial charge in [0.1, 0.15) is 5.82 Å². The van der Waals surface area contributed by atoms with Crippen molar-refractivity contribution in [1.82, 2.24) is 19.7 Å². The SMILES string of the molecule is C#CC(=NC1=C(C)C(=O)C(C)(c2nccn3cc(C)nc23)CC1)NC(=O)Cc1ccc(S(=O)(=O)CC)cc1F. The Morgan fingerprint density at radius 1 is 1.33 bits per heavy atom. The average molecular weight is 550 g/mol. The number of hydrogen-bond acceptors (Lipinski definition) is 7. The van der Waals surface area contributed by atoms with Crippen LogP contribution in [0.1, 0.15) is 50.6 Å². The minimum atomic E-state index is -3.58. The molecular weight excluding hydrogens is 521 g/mol. The van der Waals surface area contributed by atoms with Gasteiger partial charge in [0.05, 0.1) is 39.6 Å². The molecule has 1 aliphatic rings. The molecule has 4 rings (SSSR count). The Morgan fingerprint density at radius 2 is 2.08 bits per heavy atom. The third-order valence-electron chi connectivity index (χ3n) is 6.91. The van der Waals surface area contributed by atoms with Gasteiger partial charge in [-0.05, 0) is 57.2 Å². The largest absolute Gasteiger partial charge is 0.304 e. The van der Waals surface area contributed by atoms with E-state index in [9.17, 15) is 22.4 Å². The molecule has 1 aliphatic carbocycles. The number of amides is 1.